The summed E-state index contributed by atoms with van der Waals surface area (Å²) in [5.41, 5.74) is 4.38. The number of aromatic nitrogens is 3. The number of pyridine rings is 1. The summed E-state index contributed by atoms with van der Waals surface area (Å²) in [6, 6.07) is 16.2. The van der Waals surface area contributed by atoms with Crippen molar-refractivity contribution in [1.82, 2.24) is 14.5 Å². The van der Waals surface area contributed by atoms with Crippen LogP contribution >= 0.6 is 23.2 Å². The fourth-order valence-electron chi connectivity index (χ4n) is 3.18. The van der Waals surface area contributed by atoms with E-state index in [4.69, 9.17) is 28.2 Å². The normalized spacial score (nSPS) is 10.9. The molecule has 0 atom stereocenters. The second kappa shape index (κ2) is 8.34. The molecule has 2 aromatic heterocycles. The lowest BCUT2D eigenvalue weighted by Gasteiger charge is -2.11. The Bertz CT molecular complexity index is 1230. The van der Waals surface area contributed by atoms with Gasteiger partial charge in [0, 0.05) is 5.02 Å². The Labute approximate surface area is 183 Å². The van der Waals surface area contributed by atoms with Gasteiger partial charge in [0.1, 0.15) is 11.3 Å². The molecule has 0 aliphatic heterocycles. The van der Waals surface area contributed by atoms with E-state index < -0.39 is 6.03 Å². The molecule has 2 aromatic carbocycles. The smallest absolute Gasteiger partial charge is 0.308 e. The minimum Gasteiger partial charge on any atom is -0.308 e. The van der Waals surface area contributed by atoms with Gasteiger partial charge < -0.3 is 15.2 Å². The van der Waals surface area contributed by atoms with Gasteiger partial charge in [0.15, 0.2) is 5.65 Å². The second-order valence-corrected chi connectivity index (χ2v) is 7.74. The standard InChI is InChI=1S/C22H19Cl2N5O/c1-13-19(28-22(30)27-18-6-4-3-5-17(18)24)11-20-21(25-13)29(14(2)26-20)12-15-7-9-16(23)10-8-15/h3-11H,12H2,1-2H3,(H2,27,28,30). The number of hydrogen-bond donors (Lipinski definition) is 2. The van der Waals surface area contributed by atoms with Gasteiger partial charge in [0.05, 0.1) is 28.6 Å². The monoisotopic (exact) mass is 439 g/mol. The molecule has 4 aromatic rings. The van der Waals surface area contributed by atoms with Gasteiger partial charge in [-0.1, -0.05) is 47.5 Å². The average molecular weight is 440 g/mol. The maximum absolute atomic E-state index is 12.4. The van der Waals surface area contributed by atoms with Gasteiger partial charge >= 0.3 is 6.03 Å². The van der Waals surface area contributed by atoms with Crippen LogP contribution in [0.1, 0.15) is 17.1 Å². The van der Waals surface area contributed by atoms with Gasteiger partial charge in [-0.2, -0.15) is 0 Å². The maximum atomic E-state index is 12.4. The molecule has 8 heteroatoms. The Hall–Kier alpha value is -3.09. The van der Waals surface area contributed by atoms with Crippen molar-refractivity contribution < 1.29 is 4.79 Å². The number of amides is 2. The molecular formula is C22H19Cl2N5O. The van der Waals surface area contributed by atoms with Crippen molar-refractivity contribution in [2.75, 3.05) is 10.6 Å². The van der Waals surface area contributed by atoms with Crippen LogP contribution in [-0.2, 0) is 6.54 Å². The Balaban J connectivity index is 1.59. The molecule has 2 N–H and O–H groups in total. The van der Waals surface area contributed by atoms with Gasteiger partial charge in [-0.25, -0.2) is 14.8 Å². The highest BCUT2D eigenvalue weighted by Gasteiger charge is 2.14. The SMILES string of the molecule is Cc1nc2c(cc1NC(=O)Nc1ccccc1Cl)nc(C)n2Cc1ccc(Cl)cc1. The number of carbonyl (C=O) groups is 1. The maximum Gasteiger partial charge on any atom is 0.323 e. The second-order valence-electron chi connectivity index (χ2n) is 6.89. The number of imidazole rings is 1. The zero-order chi connectivity index (χ0) is 21.3. The molecule has 152 valence electrons. The van der Waals surface area contributed by atoms with Crippen molar-refractivity contribution in [1.29, 1.82) is 0 Å². The summed E-state index contributed by atoms with van der Waals surface area (Å²) in [5.74, 6) is 0.838. The third kappa shape index (κ3) is 4.25. The highest BCUT2D eigenvalue weighted by Crippen LogP contribution is 2.24. The van der Waals surface area contributed by atoms with Crippen LogP contribution in [-0.4, -0.2) is 20.6 Å². The van der Waals surface area contributed by atoms with Crippen LogP contribution in [0, 0.1) is 13.8 Å². The Kier molecular flexibility index (Phi) is 5.61. The predicted molar refractivity (Wildman–Crippen MR) is 122 cm³/mol. The molecular weight excluding hydrogens is 421 g/mol. The quantitative estimate of drug-likeness (QED) is 0.406. The van der Waals surface area contributed by atoms with Crippen LogP contribution in [0.25, 0.3) is 11.2 Å². The fraction of sp³-hybridized carbons (Fsp3) is 0.136. The number of urea groups is 1. The van der Waals surface area contributed by atoms with Crippen LogP contribution in [0.4, 0.5) is 16.2 Å². The number of nitrogens with zero attached hydrogens (tertiary/aromatic N) is 3. The zero-order valence-corrected chi connectivity index (χ0v) is 17.9. The fourth-order valence-corrected chi connectivity index (χ4v) is 3.49. The van der Waals surface area contributed by atoms with Crippen molar-refractivity contribution in [3.05, 3.63) is 81.7 Å². The van der Waals surface area contributed by atoms with E-state index in [0.717, 1.165) is 17.0 Å². The molecule has 30 heavy (non-hydrogen) atoms. The summed E-state index contributed by atoms with van der Waals surface area (Å²) in [7, 11) is 0. The number of hydrogen-bond acceptors (Lipinski definition) is 3. The average Bonchev–Trinajstić information content (AvgIpc) is 3.00. The first-order valence-electron chi connectivity index (χ1n) is 9.32. The molecule has 4 rings (SSSR count). The zero-order valence-electron chi connectivity index (χ0n) is 16.4. The molecule has 0 fully saturated rings. The minimum atomic E-state index is -0.398. The molecule has 0 saturated heterocycles. The summed E-state index contributed by atoms with van der Waals surface area (Å²) >= 11 is 12.1. The van der Waals surface area contributed by atoms with E-state index in [9.17, 15) is 4.79 Å². The molecule has 0 aliphatic rings. The summed E-state index contributed by atoms with van der Waals surface area (Å²) in [5, 5.41) is 6.74. The third-order valence-electron chi connectivity index (χ3n) is 4.73. The van der Waals surface area contributed by atoms with Gasteiger partial charge in [-0.05, 0) is 49.7 Å². The van der Waals surface area contributed by atoms with Gasteiger partial charge in [-0.15, -0.1) is 0 Å². The van der Waals surface area contributed by atoms with Crippen LogP contribution in [0.2, 0.25) is 10.0 Å². The Morgan fingerprint density at radius 3 is 2.40 bits per heavy atom. The molecule has 0 aliphatic carbocycles. The van der Waals surface area contributed by atoms with E-state index in [1.165, 1.54) is 0 Å². The van der Waals surface area contributed by atoms with Crippen LogP contribution in [0.15, 0.2) is 54.6 Å². The van der Waals surface area contributed by atoms with E-state index >= 15 is 0 Å². The van der Waals surface area contributed by atoms with E-state index in [-0.39, 0.29) is 0 Å². The number of halogens is 2. The van der Waals surface area contributed by atoms with Crippen LogP contribution in [0.3, 0.4) is 0 Å². The number of rotatable bonds is 4. The number of aryl methyl sites for hydroxylation is 2. The first-order chi connectivity index (χ1) is 14.4. The molecule has 2 amide bonds. The molecule has 0 radical (unpaired) electrons. The van der Waals surface area contributed by atoms with Crippen LogP contribution < -0.4 is 10.6 Å². The first-order valence-corrected chi connectivity index (χ1v) is 10.1. The third-order valence-corrected chi connectivity index (χ3v) is 5.31. The number of benzene rings is 2. The number of anilines is 2. The summed E-state index contributed by atoms with van der Waals surface area (Å²) < 4.78 is 2.04. The number of fused-ring (bicyclic) bond motifs is 1. The Morgan fingerprint density at radius 1 is 0.967 bits per heavy atom. The van der Waals surface area contributed by atoms with E-state index in [0.29, 0.717) is 39.2 Å². The van der Waals surface area contributed by atoms with E-state index in [1.807, 2.05) is 48.7 Å². The molecule has 0 bridgehead atoms. The van der Waals surface area contributed by atoms with Gasteiger partial charge in [-0.3, -0.25) is 0 Å². The first kappa shape index (κ1) is 20.2. The summed E-state index contributed by atoms with van der Waals surface area (Å²) in [4.78, 5) is 21.7. The van der Waals surface area contributed by atoms with E-state index in [2.05, 4.69) is 15.6 Å². The van der Waals surface area contributed by atoms with Gasteiger partial charge in [0.25, 0.3) is 0 Å². The molecule has 0 unspecified atom stereocenters. The predicted octanol–water partition coefficient (Wildman–Crippen LogP) is 6.05. The molecule has 0 spiro atoms. The lowest BCUT2D eigenvalue weighted by Crippen LogP contribution is -2.20. The topological polar surface area (TPSA) is 71.8 Å². The molecule has 0 saturated carbocycles. The minimum absolute atomic E-state index is 0.398. The molecule has 6 nitrogen and oxygen atoms in total. The highest BCUT2D eigenvalue weighted by atomic mass is 35.5. The summed E-state index contributed by atoms with van der Waals surface area (Å²) in [6.07, 6.45) is 0. The van der Waals surface area contributed by atoms with E-state index in [1.54, 1.807) is 24.3 Å². The Morgan fingerprint density at radius 2 is 1.67 bits per heavy atom. The van der Waals surface area contributed by atoms with Crippen molar-refractivity contribution in [3.63, 3.8) is 0 Å². The lowest BCUT2D eigenvalue weighted by atomic mass is 10.2. The lowest BCUT2D eigenvalue weighted by molar-refractivity contribution is 0.262. The number of nitrogens with one attached hydrogen (secondary N) is 2. The highest BCUT2D eigenvalue weighted by molar-refractivity contribution is 6.33. The summed E-state index contributed by atoms with van der Waals surface area (Å²) in [6.45, 7) is 4.41. The molecule has 2 heterocycles. The van der Waals surface area contributed by atoms with Gasteiger partial charge in [0.2, 0.25) is 0 Å². The van der Waals surface area contributed by atoms with Crippen molar-refractivity contribution >= 4 is 51.8 Å². The van der Waals surface area contributed by atoms with Crippen molar-refractivity contribution in [2.45, 2.75) is 20.4 Å². The van der Waals surface area contributed by atoms with Crippen molar-refractivity contribution in [3.8, 4) is 0 Å². The van der Waals surface area contributed by atoms with Crippen molar-refractivity contribution in [2.24, 2.45) is 0 Å². The number of carbonyl (C=O) groups excluding carboxylic acids is 1. The largest absolute Gasteiger partial charge is 0.323 e. The van der Waals surface area contributed by atoms with Crippen LogP contribution in [0.5, 0.6) is 0 Å². The number of para-hydroxylation sites is 1.